The lowest BCUT2D eigenvalue weighted by Gasteiger charge is -2.04. The van der Waals surface area contributed by atoms with Crippen molar-refractivity contribution in [2.45, 2.75) is 71.6 Å². The molecule has 0 aromatic heterocycles. The van der Waals surface area contributed by atoms with Crippen LogP contribution in [0.5, 0.6) is 0 Å². The maximum atomic E-state index is 10.9. The molecule has 112 valence electrons. The molecule has 0 saturated heterocycles. The van der Waals surface area contributed by atoms with E-state index in [1.165, 1.54) is 44.9 Å². The van der Waals surface area contributed by atoms with Crippen molar-refractivity contribution in [1.29, 1.82) is 0 Å². The summed E-state index contributed by atoms with van der Waals surface area (Å²) >= 11 is 0. The van der Waals surface area contributed by atoms with Gasteiger partial charge in [0.1, 0.15) is 0 Å². The number of unbranched alkanes of at least 4 members (excludes halogenated alkanes) is 7. The largest absolute Gasteiger partial charge is 0.272 e. The number of rotatable bonds is 10. The van der Waals surface area contributed by atoms with Crippen LogP contribution in [0.4, 0.5) is 5.69 Å². The van der Waals surface area contributed by atoms with Crippen LogP contribution in [-0.2, 0) is 6.42 Å². The van der Waals surface area contributed by atoms with Crippen LogP contribution in [0.3, 0.4) is 0 Å². The van der Waals surface area contributed by atoms with Gasteiger partial charge < -0.3 is 0 Å². The first-order valence-electron chi connectivity index (χ1n) is 7.89. The average Bonchev–Trinajstić information content (AvgIpc) is 2.43. The second-order valence-corrected chi connectivity index (χ2v) is 5.60. The van der Waals surface area contributed by atoms with Crippen molar-refractivity contribution in [3.05, 3.63) is 39.4 Å². The van der Waals surface area contributed by atoms with Crippen molar-refractivity contribution in [3.8, 4) is 0 Å². The smallest absolute Gasteiger partial charge is 0.258 e. The van der Waals surface area contributed by atoms with Crippen LogP contribution in [0.25, 0.3) is 0 Å². The van der Waals surface area contributed by atoms with Crippen LogP contribution in [-0.4, -0.2) is 4.92 Å². The molecular weight excluding hydrogens is 250 g/mol. The molecule has 0 aliphatic carbocycles. The predicted octanol–water partition coefficient (Wildman–Crippen LogP) is 5.59. The Bertz CT molecular complexity index is 415. The summed E-state index contributed by atoms with van der Waals surface area (Å²) in [7, 11) is 0. The van der Waals surface area contributed by atoms with E-state index < -0.39 is 0 Å². The zero-order chi connectivity index (χ0) is 14.8. The highest BCUT2D eigenvalue weighted by molar-refractivity contribution is 5.42. The molecule has 0 radical (unpaired) electrons. The molecule has 0 atom stereocenters. The summed E-state index contributed by atoms with van der Waals surface area (Å²) in [6.45, 7) is 4.03. The molecule has 0 aliphatic rings. The molecule has 0 bridgehead atoms. The molecule has 0 unspecified atom stereocenters. The van der Waals surface area contributed by atoms with E-state index in [0.29, 0.717) is 0 Å². The summed E-state index contributed by atoms with van der Waals surface area (Å²) in [6.07, 6.45) is 11.3. The van der Waals surface area contributed by atoms with Crippen LogP contribution >= 0.6 is 0 Å². The first-order chi connectivity index (χ1) is 9.65. The Kier molecular flexibility index (Phi) is 7.93. The van der Waals surface area contributed by atoms with E-state index in [4.69, 9.17) is 0 Å². The van der Waals surface area contributed by atoms with Gasteiger partial charge >= 0.3 is 0 Å². The summed E-state index contributed by atoms with van der Waals surface area (Å²) in [5.74, 6) is 0. The molecule has 0 saturated carbocycles. The minimum absolute atomic E-state index is 0.252. The van der Waals surface area contributed by atoms with Crippen molar-refractivity contribution in [3.63, 3.8) is 0 Å². The maximum Gasteiger partial charge on any atom is 0.272 e. The molecule has 0 N–H and O–H groups in total. The number of hydrogen-bond donors (Lipinski definition) is 0. The summed E-state index contributed by atoms with van der Waals surface area (Å²) in [6, 6.07) is 5.61. The highest BCUT2D eigenvalue weighted by Crippen LogP contribution is 2.20. The van der Waals surface area contributed by atoms with Crippen molar-refractivity contribution in [1.82, 2.24) is 0 Å². The predicted molar refractivity (Wildman–Crippen MR) is 84.1 cm³/mol. The molecule has 0 heterocycles. The third-order valence-corrected chi connectivity index (χ3v) is 3.79. The molecule has 1 rings (SSSR count). The van der Waals surface area contributed by atoms with E-state index in [1.54, 1.807) is 13.0 Å². The van der Waals surface area contributed by atoms with Gasteiger partial charge in [-0.15, -0.1) is 0 Å². The highest BCUT2D eigenvalue weighted by Gasteiger charge is 2.10. The number of nitro benzene ring substituents is 1. The van der Waals surface area contributed by atoms with Crippen molar-refractivity contribution < 1.29 is 4.92 Å². The Morgan fingerprint density at radius 2 is 1.60 bits per heavy atom. The van der Waals surface area contributed by atoms with Crippen molar-refractivity contribution in [2.75, 3.05) is 0 Å². The summed E-state index contributed by atoms with van der Waals surface area (Å²) in [5, 5.41) is 10.9. The fourth-order valence-electron chi connectivity index (χ4n) is 2.47. The topological polar surface area (TPSA) is 43.1 Å². The molecule has 0 fully saturated rings. The quantitative estimate of drug-likeness (QED) is 0.318. The number of aryl methyl sites for hydroxylation is 2. The minimum Gasteiger partial charge on any atom is -0.258 e. The van der Waals surface area contributed by atoms with Crippen LogP contribution in [0.1, 0.15) is 69.4 Å². The fraction of sp³-hybridized carbons (Fsp3) is 0.647. The fourth-order valence-corrected chi connectivity index (χ4v) is 2.47. The third-order valence-electron chi connectivity index (χ3n) is 3.79. The standard InChI is InChI=1S/C17H27NO2/c1-3-4-5-6-7-8-9-10-11-16-13-12-15(2)17(14-16)18(19)20/h12-14H,3-11H2,1-2H3. The van der Waals surface area contributed by atoms with Crippen LogP contribution < -0.4 is 0 Å². The lowest BCUT2D eigenvalue weighted by Crippen LogP contribution is -1.94. The molecule has 0 amide bonds. The molecule has 0 spiro atoms. The van der Waals surface area contributed by atoms with Gasteiger partial charge in [0, 0.05) is 11.6 Å². The van der Waals surface area contributed by atoms with E-state index in [-0.39, 0.29) is 10.6 Å². The Morgan fingerprint density at radius 1 is 1.00 bits per heavy atom. The van der Waals surface area contributed by atoms with E-state index in [0.717, 1.165) is 24.0 Å². The molecule has 1 aromatic carbocycles. The maximum absolute atomic E-state index is 10.9. The van der Waals surface area contributed by atoms with Gasteiger partial charge in [-0.2, -0.15) is 0 Å². The van der Waals surface area contributed by atoms with Crippen LogP contribution in [0.2, 0.25) is 0 Å². The summed E-state index contributed by atoms with van der Waals surface area (Å²) in [4.78, 5) is 10.6. The molecule has 3 heteroatoms. The second kappa shape index (κ2) is 9.51. The minimum atomic E-state index is -0.285. The van der Waals surface area contributed by atoms with Crippen LogP contribution in [0, 0.1) is 17.0 Å². The van der Waals surface area contributed by atoms with Gasteiger partial charge in [-0.1, -0.05) is 64.0 Å². The first-order valence-corrected chi connectivity index (χ1v) is 7.89. The number of hydrogen-bond acceptors (Lipinski definition) is 2. The van der Waals surface area contributed by atoms with E-state index >= 15 is 0 Å². The van der Waals surface area contributed by atoms with Gasteiger partial charge in [-0.25, -0.2) is 0 Å². The van der Waals surface area contributed by atoms with Crippen molar-refractivity contribution in [2.24, 2.45) is 0 Å². The van der Waals surface area contributed by atoms with Gasteiger partial charge in [0.25, 0.3) is 5.69 Å². The Balaban J connectivity index is 2.22. The van der Waals surface area contributed by atoms with Gasteiger partial charge in [0.05, 0.1) is 4.92 Å². The molecule has 20 heavy (non-hydrogen) atoms. The van der Waals surface area contributed by atoms with Gasteiger partial charge in [0.2, 0.25) is 0 Å². The van der Waals surface area contributed by atoms with E-state index in [1.807, 2.05) is 12.1 Å². The first kappa shape index (κ1) is 16.7. The molecular formula is C17H27NO2. The number of benzene rings is 1. The van der Waals surface area contributed by atoms with Gasteiger partial charge in [0.15, 0.2) is 0 Å². The van der Waals surface area contributed by atoms with Gasteiger partial charge in [-0.05, 0) is 25.3 Å². The van der Waals surface area contributed by atoms with E-state index in [9.17, 15) is 10.1 Å². The lowest BCUT2D eigenvalue weighted by molar-refractivity contribution is -0.385. The number of nitrogens with zero attached hydrogens (tertiary/aromatic N) is 1. The van der Waals surface area contributed by atoms with Crippen LogP contribution in [0.15, 0.2) is 18.2 Å². The highest BCUT2D eigenvalue weighted by atomic mass is 16.6. The lowest BCUT2D eigenvalue weighted by atomic mass is 10.0. The van der Waals surface area contributed by atoms with E-state index in [2.05, 4.69) is 6.92 Å². The zero-order valence-electron chi connectivity index (χ0n) is 12.9. The number of nitro groups is 1. The third kappa shape index (κ3) is 6.18. The SMILES string of the molecule is CCCCCCCCCCc1ccc(C)c([N+](=O)[O-])c1. The average molecular weight is 277 g/mol. The Morgan fingerprint density at radius 3 is 2.20 bits per heavy atom. The van der Waals surface area contributed by atoms with Crippen molar-refractivity contribution >= 4 is 5.69 Å². The monoisotopic (exact) mass is 277 g/mol. The normalized spacial score (nSPS) is 10.7. The molecule has 0 aliphatic heterocycles. The molecule has 3 nitrogen and oxygen atoms in total. The Labute approximate surface area is 122 Å². The summed E-state index contributed by atoms with van der Waals surface area (Å²) < 4.78 is 0. The van der Waals surface area contributed by atoms with Gasteiger partial charge in [-0.3, -0.25) is 10.1 Å². The molecule has 1 aromatic rings. The summed E-state index contributed by atoms with van der Waals surface area (Å²) in [5.41, 5.74) is 2.09. The zero-order valence-corrected chi connectivity index (χ0v) is 12.9. The second-order valence-electron chi connectivity index (χ2n) is 5.60. The Hall–Kier alpha value is -1.38.